The highest BCUT2D eigenvalue weighted by Gasteiger charge is 1.96. The quantitative estimate of drug-likeness (QED) is 0.866. The Morgan fingerprint density at radius 3 is 2.85 bits per heavy atom. The summed E-state index contributed by atoms with van der Waals surface area (Å²) in [7, 11) is 0. The van der Waals surface area contributed by atoms with Crippen LogP contribution in [0.25, 0.3) is 6.08 Å². The molecule has 0 heterocycles. The molecule has 0 aliphatic heterocycles. The number of benzene rings is 1. The summed E-state index contributed by atoms with van der Waals surface area (Å²) in [6.07, 6.45) is 2.04. The van der Waals surface area contributed by atoms with Gasteiger partial charge in [0, 0.05) is 11.0 Å². The van der Waals surface area contributed by atoms with Crippen LogP contribution in [0, 0.1) is 0 Å². The van der Waals surface area contributed by atoms with Crippen LogP contribution < -0.4 is 5.73 Å². The first-order valence-electron chi connectivity index (χ1n) is 3.96. The first-order valence-corrected chi connectivity index (χ1v) is 5.13. The molecule has 3 heteroatoms. The molecule has 13 heavy (non-hydrogen) atoms. The van der Waals surface area contributed by atoms with Crippen molar-refractivity contribution in [2.24, 2.45) is 5.73 Å². The monoisotopic (exact) mass is 259 g/mol. The van der Waals surface area contributed by atoms with E-state index in [-0.39, 0.29) is 0 Å². The number of rotatable bonds is 2. The Bertz CT molecular complexity index is 334. The summed E-state index contributed by atoms with van der Waals surface area (Å²) >= 11 is 9.22. The third kappa shape index (κ3) is 3.14. The van der Waals surface area contributed by atoms with Gasteiger partial charge in [0.25, 0.3) is 0 Å². The molecular weight excluding hydrogens is 249 g/mol. The number of halogens is 2. The standard InChI is InChI=1S/C10H11BrClN/c1-7(6-13)4-8-2-3-10(12)9(11)5-8/h2-5H,6,13H2,1H3/b7-4-. The molecule has 1 aromatic rings. The molecule has 0 aliphatic carbocycles. The third-order valence-electron chi connectivity index (χ3n) is 1.68. The van der Waals surface area contributed by atoms with Gasteiger partial charge in [-0.25, -0.2) is 0 Å². The number of nitrogens with two attached hydrogens (primary N) is 1. The average molecular weight is 261 g/mol. The van der Waals surface area contributed by atoms with E-state index in [1.807, 2.05) is 31.2 Å². The summed E-state index contributed by atoms with van der Waals surface area (Å²) in [5, 5.41) is 0.725. The lowest BCUT2D eigenvalue weighted by molar-refractivity contribution is 1.15. The molecule has 0 fully saturated rings. The summed E-state index contributed by atoms with van der Waals surface area (Å²) in [6, 6.07) is 5.80. The van der Waals surface area contributed by atoms with Crippen molar-refractivity contribution in [1.29, 1.82) is 0 Å². The van der Waals surface area contributed by atoms with E-state index >= 15 is 0 Å². The van der Waals surface area contributed by atoms with E-state index in [0.717, 1.165) is 20.6 Å². The normalized spacial score (nSPS) is 11.8. The Kier molecular flexibility index (Phi) is 3.97. The molecule has 1 nitrogen and oxygen atoms in total. The van der Waals surface area contributed by atoms with E-state index in [2.05, 4.69) is 15.9 Å². The third-order valence-corrected chi connectivity index (χ3v) is 2.89. The van der Waals surface area contributed by atoms with Crippen LogP contribution in [-0.4, -0.2) is 6.54 Å². The molecule has 1 rings (SSSR count). The summed E-state index contributed by atoms with van der Waals surface area (Å²) in [6.45, 7) is 2.59. The molecule has 2 N–H and O–H groups in total. The van der Waals surface area contributed by atoms with Gasteiger partial charge in [-0.2, -0.15) is 0 Å². The first-order chi connectivity index (χ1) is 6.13. The van der Waals surface area contributed by atoms with Crippen LogP contribution >= 0.6 is 27.5 Å². The van der Waals surface area contributed by atoms with Crippen molar-refractivity contribution >= 4 is 33.6 Å². The maximum atomic E-state index is 5.86. The Hall–Kier alpha value is -0.310. The summed E-state index contributed by atoms with van der Waals surface area (Å²) in [5.74, 6) is 0. The number of hydrogen-bond donors (Lipinski definition) is 1. The molecule has 1 aromatic carbocycles. The van der Waals surface area contributed by atoms with Gasteiger partial charge in [0.15, 0.2) is 0 Å². The lowest BCUT2D eigenvalue weighted by Gasteiger charge is -1.99. The Balaban J connectivity index is 2.98. The highest BCUT2D eigenvalue weighted by molar-refractivity contribution is 9.10. The lowest BCUT2D eigenvalue weighted by atomic mass is 10.1. The van der Waals surface area contributed by atoms with Crippen LogP contribution in [0.2, 0.25) is 5.02 Å². The van der Waals surface area contributed by atoms with Gasteiger partial charge in [-0.15, -0.1) is 0 Å². The van der Waals surface area contributed by atoms with Crippen LogP contribution in [0.3, 0.4) is 0 Å². The van der Waals surface area contributed by atoms with E-state index < -0.39 is 0 Å². The van der Waals surface area contributed by atoms with E-state index in [4.69, 9.17) is 17.3 Å². The van der Waals surface area contributed by atoms with E-state index in [1.165, 1.54) is 0 Å². The summed E-state index contributed by atoms with van der Waals surface area (Å²) in [5.41, 5.74) is 7.74. The summed E-state index contributed by atoms with van der Waals surface area (Å²) in [4.78, 5) is 0. The van der Waals surface area contributed by atoms with Gasteiger partial charge in [0.05, 0.1) is 5.02 Å². The Morgan fingerprint density at radius 2 is 2.31 bits per heavy atom. The second kappa shape index (κ2) is 4.80. The topological polar surface area (TPSA) is 26.0 Å². The smallest absolute Gasteiger partial charge is 0.0548 e. The fourth-order valence-electron chi connectivity index (χ4n) is 0.946. The van der Waals surface area contributed by atoms with Gasteiger partial charge in [0.2, 0.25) is 0 Å². The largest absolute Gasteiger partial charge is 0.327 e. The molecule has 70 valence electrons. The van der Waals surface area contributed by atoms with Crippen molar-refractivity contribution in [3.05, 3.63) is 38.8 Å². The van der Waals surface area contributed by atoms with Crippen LogP contribution in [0.5, 0.6) is 0 Å². The van der Waals surface area contributed by atoms with Crippen molar-refractivity contribution in [1.82, 2.24) is 0 Å². The van der Waals surface area contributed by atoms with Crippen LogP contribution in [0.1, 0.15) is 12.5 Å². The van der Waals surface area contributed by atoms with Crippen molar-refractivity contribution in [3.63, 3.8) is 0 Å². The van der Waals surface area contributed by atoms with Crippen molar-refractivity contribution in [3.8, 4) is 0 Å². The molecule has 0 atom stereocenters. The Labute approximate surface area is 91.7 Å². The van der Waals surface area contributed by atoms with E-state index in [9.17, 15) is 0 Å². The minimum absolute atomic E-state index is 0.584. The number of hydrogen-bond acceptors (Lipinski definition) is 1. The Morgan fingerprint density at radius 1 is 1.62 bits per heavy atom. The van der Waals surface area contributed by atoms with Gasteiger partial charge < -0.3 is 5.73 Å². The second-order valence-corrected chi connectivity index (χ2v) is 4.13. The lowest BCUT2D eigenvalue weighted by Crippen LogP contribution is -1.99. The zero-order chi connectivity index (χ0) is 9.84. The first kappa shape index (κ1) is 10.8. The van der Waals surface area contributed by atoms with Crippen molar-refractivity contribution < 1.29 is 0 Å². The van der Waals surface area contributed by atoms with Gasteiger partial charge in [0.1, 0.15) is 0 Å². The van der Waals surface area contributed by atoms with E-state index in [1.54, 1.807) is 0 Å². The minimum atomic E-state index is 0.584. The SMILES string of the molecule is C/C(=C/c1ccc(Cl)c(Br)c1)CN. The fraction of sp³-hybridized carbons (Fsp3) is 0.200. The van der Waals surface area contributed by atoms with Gasteiger partial charge in [-0.3, -0.25) is 0 Å². The van der Waals surface area contributed by atoms with Crippen LogP contribution in [0.4, 0.5) is 0 Å². The van der Waals surface area contributed by atoms with E-state index in [0.29, 0.717) is 6.54 Å². The average Bonchev–Trinajstić information content (AvgIpc) is 2.11. The highest BCUT2D eigenvalue weighted by atomic mass is 79.9. The van der Waals surface area contributed by atoms with Crippen LogP contribution in [-0.2, 0) is 0 Å². The molecular formula is C10H11BrClN. The molecule has 0 unspecified atom stereocenters. The van der Waals surface area contributed by atoms with Gasteiger partial charge in [-0.1, -0.05) is 29.3 Å². The molecule has 0 aromatic heterocycles. The summed E-state index contributed by atoms with van der Waals surface area (Å²) < 4.78 is 0.910. The second-order valence-electron chi connectivity index (χ2n) is 2.87. The van der Waals surface area contributed by atoms with Gasteiger partial charge >= 0.3 is 0 Å². The zero-order valence-electron chi connectivity index (χ0n) is 7.35. The molecule has 0 radical (unpaired) electrons. The predicted molar refractivity (Wildman–Crippen MR) is 61.9 cm³/mol. The predicted octanol–water partition coefficient (Wildman–Crippen LogP) is 3.46. The molecule has 0 amide bonds. The van der Waals surface area contributed by atoms with Gasteiger partial charge in [-0.05, 0) is 40.5 Å². The highest BCUT2D eigenvalue weighted by Crippen LogP contribution is 2.24. The molecule has 0 spiro atoms. The van der Waals surface area contributed by atoms with Crippen LogP contribution in [0.15, 0.2) is 28.2 Å². The van der Waals surface area contributed by atoms with Crippen molar-refractivity contribution in [2.45, 2.75) is 6.92 Å². The molecule has 0 bridgehead atoms. The molecule has 0 saturated heterocycles. The molecule has 0 saturated carbocycles. The maximum Gasteiger partial charge on any atom is 0.0548 e. The molecule has 0 aliphatic rings. The minimum Gasteiger partial charge on any atom is -0.327 e. The van der Waals surface area contributed by atoms with Crippen molar-refractivity contribution in [2.75, 3.05) is 6.54 Å². The fourth-order valence-corrected chi connectivity index (χ4v) is 1.46. The zero-order valence-corrected chi connectivity index (χ0v) is 9.69. The maximum absolute atomic E-state index is 5.86.